The lowest BCUT2D eigenvalue weighted by Gasteiger charge is -2.11. The molecular weight excluding hydrogens is 266 g/mol. The standard InChI is InChI=1S/C12H19N3O5/c16-8-9(11(18)19)13-5-2-1-3-6-15-7-4-10(17)14-12(15)20/h4,7,9,13,16H,1-3,5-6,8H2,(H,18,19)(H,14,17,20)/t9-/m0/s1. The number of nitrogens with one attached hydrogen (secondary N) is 2. The zero-order valence-electron chi connectivity index (χ0n) is 11.0. The van der Waals surface area contributed by atoms with Gasteiger partial charge in [0.1, 0.15) is 6.04 Å². The van der Waals surface area contributed by atoms with Crippen molar-refractivity contribution >= 4 is 5.97 Å². The Hall–Kier alpha value is -1.93. The molecule has 0 spiro atoms. The van der Waals surface area contributed by atoms with Gasteiger partial charge in [0.25, 0.3) is 5.56 Å². The monoisotopic (exact) mass is 285 g/mol. The van der Waals surface area contributed by atoms with Gasteiger partial charge in [0.15, 0.2) is 0 Å². The third-order valence-corrected chi connectivity index (χ3v) is 2.84. The van der Waals surface area contributed by atoms with Crippen molar-refractivity contribution in [3.63, 3.8) is 0 Å². The van der Waals surface area contributed by atoms with E-state index in [-0.39, 0.29) is 0 Å². The molecule has 0 amide bonds. The summed E-state index contributed by atoms with van der Waals surface area (Å²) in [4.78, 5) is 35.0. The third kappa shape index (κ3) is 5.37. The Morgan fingerprint density at radius 1 is 1.35 bits per heavy atom. The van der Waals surface area contributed by atoms with Gasteiger partial charge in [0.05, 0.1) is 6.61 Å². The van der Waals surface area contributed by atoms with Crippen LogP contribution in [-0.4, -0.2) is 44.9 Å². The van der Waals surface area contributed by atoms with Gasteiger partial charge in [-0.05, 0) is 19.4 Å². The van der Waals surface area contributed by atoms with Gasteiger partial charge in [-0.1, -0.05) is 6.42 Å². The largest absolute Gasteiger partial charge is 0.480 e. The van der Waals surface area contributed by atoms with E-state index in [2.05, 4.69) is 10.3 Å². The van der Waals surface area contributed by atoms with Crippen LogP contribution in [0.2, 0.25) is 0 Å². The van der Waals surface area contributed by atoms with Crippen LogP contribution in [0.5, 0.6) is 0 Å². The van der Waals surface area contributed by atoms with Gasteiger partial charge in [-0.2, -0.15) is 0 Å². The Labute approximate surface area is 115 Å². The molecule has 0 aliphatic rings. The Kier molecular flexibility index (Phi) is 6.68. The number of unbranched alkanes of at least 4 members (excludes halogenated alkanes) is 2. The minimum atomic E-state index is -1.08. The molecule has 112 valence electrons. The van der Waals surface area contributed by atoms with E-state index in [1.165, 1.54) is 16.8 Å². The average molecular weight is 285 g/mol. The number of nitrogens with zero attached hydrogens (tertiary/aromatic N) is 1. The minimum absolute atomic E-state index is 0.417. The lowest BCUT2D eigenvalue weighted by atomic mass is 10.2. The predicted molar refractivity (Wildman–Crippen MR) is 71.7 cm³/mol. The third-order valence-electron chi connectivity index (χ3n) is 2.84. The van der Waals surface area contributed by atoms with Crippen LogP contribution in [0.25, 0.3) is 0 Å². The van der Waals surface area contributed by atoms with Crippen molar-refractivity contribution in [2.45, 2.75) is 31.8 Å². The van der Waals surface area contributed by atoms with Gasteiger partial charge in [0.2, 0.25) is 0 Å². The molecule has 0 radical (unpaired) electrons. The van der Waals surface area contributed by atoms with Crippen molar-refractivity contribution in [1.82, 2.24) is 14.9 Å². The number of carbonyl (C=O) groups is 1. The summed E-state index contributed by atoms with van der Waals surface area (Å²) in [6.45, 7) is 0.540. The SMILES string of the molecule is O=C(O)[C@H](CO)NCCCCCn1ccc(=O)[nH]c1=O. The van der Waals surface area contributed by atoms with Crippen LogP contribution in [0.15, 0.2) is 21.9 Å². The minimum Gasteiger partial charge on any atom is -0.480 e. The van der Waals surface area contributed by atoms with Crippen molar-refractivity contribution in [2.24, 2.45) is 0 Å². The van der Waals surface area contributed by atoms with E-state index in [4.69, 9.17) is 10.2 Å². The van der Waals surface area contributed by atoms with Crippen molar-refractivity contribution in [2.75, 3.05) is 13.2 Å². The van der Waals surface area contributed by atoms with Crippen LogP contribution in [0.3, 0.4) is 0 Å². The highest BCUT2D eigenvalue weighted by molar-refractivity contribution is 5.73. The fraction of sp³-hybridized carbons (Fsp3) is 0.583. The average Bonchev–Trinajstić information content (AvgIpc) is 2.39. The fourth-order valence-corrected chi connectivity index (χ4v) is 1.71. The predicted octanol–water partition coefficient (Wildman–Crippen LogP) is -1.26. The van der Waals surface area contributed by atoms with E-state index < -0.39 is 29.9 Å². The molecule has 0 bridgehead atoms. The molecule has 0 aromatic carbocycles. The molecule has 4 N–H and O–H groups in total. The number of aliphatic hydroxyl groups is 1. The number of carboxylic acid groups (broad SMARTS) is 1. The van der Waals surface area contributed by atoms with Crippen molar-refractivity contribution in [3.05, 3.63) is 33.1 Å². The summed E-state index contributed by atoms with van der Waals surface area (Å²) in [6, 6.07) is 0.360. The van der Waals surface area contributed by atoms with Crippen LogP contribution < -0.4 is 16.6 Å². The number of aryl methyl sites for hydroxylation is 1. The van der Waals surface area contributed by atoms with E-state index in [1.807, 2.05) is 0 Å². The van der Waals surface area contributed by atoms with Crippen LogP contribution in [0, 0.1) is 0 Å². The van der Waals surface area contributed by atoms with Crippen molar-refractivity contribution in [3.8, 4) is 0 Å². The van der Waals surface area contributed by atoms with Gasteiger partial charge in [0, 0.05) is 18.8 Å². The molecule has 8 heteroatoms. The number of hydrogen-bond donors (Lipinski definition) is 4. The van der Waals surface area contributed by atoms with E-state index >= 15 is 0 Å². The van der Waals surface area contributed by atoms with Gasteiger partial charge >= 0.3 is 11.7 Å². The molecule has 0 saturated heterocycles. The van der Waals surface area contributed by atoms with Crippen LogP contribution in [0.4, 0.5) is 0 Å². The molecule has 1 aromatic heterocycles. The molecule has 0 fully saturated rings. The van der Waals surface area contributed by atoms with Gasteiger partial charge < -0.3 is 20.1 Å². The van der Waals surface area contributed by atoms with Gasteiger partial charge in [-0.15, -0.1) is 0 Å². The Balaban J connectivity index is 2.21. The molecule has 20 heavy (non-hydrogen) atoms. The lowest BCUT2D eigenvalue weighted by molar-refractivity contribution is -0.140. The topological polar surface area (TPSA) is 124 Å². The van der Waals surface area contributed by atoms with Crippen LogP contribution >= 0.6 is 0 Å². The van der Waals surface area contributed by atoms with Crippen LogP contribution in [-0.2, 0) is 11.3 Å². The maximum absolute atomic E-state index is 11.4. The van der Waals surface area contributed by atoms with E-state index in [1.54, 1.807) is 0 Å². The summed E-state index contributed by atoms with van der Waals surface area (Å²) in [5.41, 5.74) is -0.846. The van der Waals surface area contributed by atoms with Crippen molar-refractivity contribution < 1.29 is 15.0 Å². The second kappa shape index (κ2) is 8.28. The summed E-state index contributed by atoms with van der Waals surface area (Å²) < 4.78 is 1.42. The Morgan fingerprint density at radius 3 is 2.70 bits per heavy atom. The summed E-state index contributed by atoms with van der Waals surface area (Å²) >= 11 is 0. The molecule has 0 saturated carbocycles. The molecule has 0 unspecified atom stereocenters. The molecule has 8 nitrogen and oxygen atoms in total. The second-order valence-corrected chi connectivity index (χ2v) is 4.39. The lowest BCUT2D eigenvalue weighted by Crippen LogP contribution is -2.40. The molecule has 0 aliphatic heterocycles. The molecule has 1 atom stereocenters. The second-order valence-electron chi connectivity index (χ2n) is 4.39. The van der Waals surface area contributed by atoms with Gasteiger partial charge in [-0.3, -0.25) is 14.6 Å². The summed E-state index contributed by atoms with van der Waals surface area (Å²) in [5.74, 6) is -1.08. The van der Waals surface area contributed by atoms with Gasteiger partial charge in [-0.25, -0.2) is 4.79 Å². The number of aromatic amines is 1. The highest BCUT2D eigenvalue weighted by Gasteiger charge is 2.13. The molecule has 0 aliphatic carbocycles. The zero-order chi connectivity index (χ0) is 15.0. The number of aliphatic hydroxyl groups excluding tert-OH is 1. The molecule has 1 rings (SSSR count). The summed E-state index contributed by atoms with van der Waals surface area (Å²) in [5, 5.41) is 20.2. The first kappa shape index (κ1) is 16.1. The summed E-state index contributed by atoms with van der Waals surface area (Å²) in [7, 11) is 0. The zero-order valence-corrected chi connectivity index (χ0v) is 11.0. The highest BCUT2D eigenvalue weighted by Crippen LogP contribution is 1.96. The first-order valence-corrected chi connectivity index (χ1v) is 6.41. The Bertz CT molecular complexity index is 536. The maximum atomic E-state index is 11.4. The number of hydrogen-bond acceptors (Lipinski definition) is 5. The maximum Gasteiger partial charge on any atom is 0.328 e. The molecule has 1 aromatic rings. The number of carboxylic acids is 1. The summed E-state index contributed by atoms with van der Waals surface area (Å²) in [6.07, 6.45) is 3.73. The fourth-order valence-electron chi connectivity index (χ4n) is 1.71. The smallest absolute Gasteiger partial charge is 0.328 e. The molecular formula is C12H19N3O5. The normalized spacial score (nSPS) is 12.2. The van der Waals surface area contributed by atoms with Crippen molar-refractivity contribution in [1.29, 1.82) is 0 Å². The number of aromatic nitrogens is 2. The first-order chi connectivity index (χ1) is 9.54. The molecule has 1 heterocycles. The van der Waals surface area contributed by atoms with E-state index in [0.717, 1.165) is 19.3 Å². The van der Waals surface area contributed by atoms with E-state index in [9.17, 15) is 14.4 Å². The van der Waals surface area contributed by atoms with Crippen LogP contribution in [0.1, 0.15) is 19.3 Å². The first-order valence-electron chi connectivity index (χ1n) is 6.41. The highest BCUT2D eigenvalue weighted by atomic mass is 16.4. The Morgan fingerprint density at radius 2 is 2.10 bits per heavy atom. The van der Waals surface area contributed by atoms with E-state index in [0.29, 0.717) is 13.1 Å². The quantitative estimate of drug-likeness (QED) is 0.420. The number of rotatable bonds is 9. The number of aliphatic carboxylic acids is 1. The number of H-pyrrole nitrogens is 1.